The minimum absolute atomic E-state index is 0.0194. The number of aliphatic carboxylic acids is 1. The number of carboxylic acid groups (broad SMARTS) is 1. The molecule has 1 atom stereocenters. The number of amides is 1. The van der Waals surface area contributed by atoms with Gasteiger partial charge < -0.3 is 15.2 Å². The van der Waals surface area contributed by atoms with Gasteiger partial charge in [0.15, 0.2) is 11.6 Å². The van der Waals surface area contributed by atoms with E-state index < -0.39 is 29.0 Å². The van der Waals surface area contributed by atoms with Gasteiger partial charge in [-0.05, 0) is 25.0 Å². The number of methoxy groups -OCH3 is 1. The van der Waals surface area contributed by atoms with E-state index in [9.17, 15) is 18.4 Å². The van der Waals surface area contributed by atoms with Crippen LogP contribution in [0, 0.1) is 11.6 Å². The number of hydrogen-bond donors (Lipinski definition) is 2. The fourth-order valence-electron chi connectivity index (χ4n) is 2.17. The second-order valence-corrected chi connectivity index (χ2v) is 5.33. The summed E-state index contributed by atoms with van der Waals surface area (Å²) in [5.41, 5.74) is -0.958. The van der Waals surface area contributed by atoms with E-state index in [4.69, 9.17) is 9.84 Å². The van der Waals surface area contributed by atoms with Crippen molar-refractivity contribution >= 4 is 11.9 Å². The number of ether oxygens (including phenoxy) is 1. The second kappa shape index (κ2) is 7.84. The molecule has 22 heavy (non-hydrogen) atoms. The normalized spacial score (nSPS) is 13.5. The molecule has 1 rings (SSSR count). The maximum Gasteiger partial charge on any atom is 0.305 e. The van der Waals surface area contributed by atoms with Crippen LogP contribution in [0.15, 0.2) is 18.2 Å². The first-order chi connectivity index (χ1) is 10.3. The van der Waals surface area contributed by atoms with E-state index in [1.54, 1.807) is 6.92 Å². The zero-order chi connectivity index (χ0) is 16.8. The molecule has 5 nitrogen and oxygen atoms in total. The lowest BCUT2D eigenvalue weighted by Crippen LogP contribution is -2.50. The Hall–Kier alpha value is -2.02. The molecule has 1 aromatic rings. The fourth-order valence-corrected chi connectivity index (χ4v) is 2.17. The van der Waals surface area contributed by atoms with E-state index in [1.165, 1.54) is 19.2 Å². The molecule has 0 aromatic heterocycles. The highest BCUT2D eigenvalue weighted by atomic mass is 19.2. The minimum Gasteiger partial charge on any atom is -0.481 e. The third kappa shape index (κ3) is 5.40. The largest absolute Gasteiger partial charge is 0.481 e. The van der Waals surface area contributed by atoms with E-state index in [-0.39, 0.29) is 31.4 Å². The van der Waals surface area contributed by atoms with Crippen molar-refractivity contribution in [3.05, 3.63) is 35.4 Å². The summed E-state index contributed by atoms with van der Waals surface area (Å²) in [6.45, 7) is 1.57. The molecule has 0 heterocycles. The SMILES string of the molecule is COCC(C)(CC(=O)O)NC(=O)CCc1cccc(F)c1F. The molecule has 0 spiro atoms. The summed E-state index contributed by atoms with van der Waals surface area (Å²) in [6.07, 6.45) is -0.369. The number of carboxylic acids is 1. The number of aryl methyl sites for hydroxylation is 1. The molecular formula is C15H19F2NO4. The highest BCUT2D eigenvalue weighted by Gasteiger charge is 2.29. The van der Waals surface area contributed by atoms with Gasteiger partial charge in [-0.25, -0.2) is 8.78 Å². The summed E-state index contributed by atoms with van der Waals surface area (Å²) < 4.78 is 31.5. The second-order valence-electron chi connectivity index (χ2n) is 5.33. The van der Waals surface area contributed by atoms with Crippen molar-refractivity contribution in [2.24, 2.45) is 0 Å². The van der Waals surface area contributed by atoms with Crippen LogP contribution in [0.5, 0.6) is 0 Å². The van der Waals surface area contributed by atoms with Crippen molar-refractivity contribution in [3.8, 4) is 0 Å². The van der Waals surface area contributed by atoms with Crippen LogP contribution in [-0.2, 0) is 20.7 Å². The van der Waals surface area contributed by atoms with Crippen molar-refractivity contribution in [2.75, 3.05) is 13.7 Å². The van der Waals surface area contributed by atoms with Gasteiger partial charge in [-0.1, -0.05) is 12.1 Å². The average molecular weight is 315 g/mol. The van der Waals surface area contributed by atoms with Gasteiger partial charge in [0.05, 0.1) is 18.6 Å². The predicted molar refractivity (Wildman–Crippen MR) is 75.4 cm³/mol. The molecule has 0 radical (unpaired) electrons. The molecule has 7 heteroatoms. The molecule has 0 aliphatic rings. The van der Waals surface area contributed by atoms with Crippen LogP contribution in [0.1, 0.15) is 25.3 Å². The van der Waals surface area contributed by atoms with Crippen LogP contribution in [-0.4, -0.2) is 36.2 Å². The smallest absolute Gasteiger partial charge is 0.305 e. The average Bonchev–Trinajstić information content (AvgIpc) is 2.39. The van der Waals surface area contributed by atoms with Crippen molar-refractivity contribution in [1.29, 1.82) is 0 Å². The Morgan fingerprint density at radius 2 is 2.05 bits per heavy atom. The molecule has 0 aliphatic carbocycles. The molecule has 0 aliphatic heterocycles. The number of hydrogen-bond acceptors (Lipinski definition) is 3. The Balaban J connectivity index is 2.64. The number of rotatable bonds is 8. The van der Waals surface area contributed by atoms with Crippen LogP contribution >= 0.6 is 0 Å². The van der Waals surface area contributed by atoms with Gasteiger partial charge in [0.2, 0.25) is 5.91 Å². The van der Waals surface area contributed by atoms with Gasteiger partial charge in [-0.3, -0.25) is 9.59 Å². The van der Waals surface area contributed by atoms with Crippen molar-refractivity contribution in [2.45, 2.75) is 31.7 Å². The first kappa shape index (κ1) is 18.0. The third-order valence-electron chi connectivity index (χ3n) is 3.10. The summed E-state index contributed by atoms with van der Waals surface area (Å²) >= 11 is 0. The standard InChI is InChI=1S/C15H19F2NO4/c1-15(9-22-2,8-13(20)21)18-12(19)7-6-10-4-3-5-11(16)14(10)17/h3-5H,6-9H2,1-2H3,(H,18,19)(H,20,21). The lowest BCUT2D eigenvalue weighted by molar-refractivity contribution is -0.139. The topological polar surface area (TPSA) is 75.6 Å². The lowest BCUT2D eigenvalue weighted by atomic mass is 9.98. The van der Waals surface area contributed by atoms with Gasteiger partial charge >= 0.3 is 5.97 Å². The van der Waals surface area contributed by atoms with Crippen LogP contribution in [0.2, 0.25) is 0 Å². The molecule has 0 fully saturated rings. The maximum absolute atomic E-state index is 13.5. The zero-order valence-corrected chi connectivity index (χ0v) is 12.5. The Bertz CT molecular complexity index is 550. The number of benzene rings is 1. The van der Waals surface area contributed by atoms with Gasteiger partial charge in [0.25, 0.3) is 0 Å². The Kier molecular flexibility index (Phi) is 6.42. The molecule has 0 saturated heterocycles. The number of carbonyl (C=O) groups excluding carboxylic acids is 1. The molecular weight excluding hydrogens is 296 g/mol. The number of nitrogens with one attached hydrogen (secondary N) is 1. The van der Waals surface area contributed by atoms with Crippen molar-refractivity contribution in [3.63, 3.8) is 0 Å². The Labute approximate surface area is 127 Å². The molecule has 1 amide bonds. The van der Waals surface area contributed by atoms with Crippen LogP contribution in [0.3, 0.4) is 0 Å². The van der Waals surface area contributed by atoms with E-state index in [0.717, 1.165) is 6.07 Å². The molecule has 1 aromatic carbocycles. The monoisotopic (exact) mass is 315 g/mol. The maximum atomic E-state index is 13.5. The summed E-state index contributed by atoms with van der Waals surface area (Å²) in [5.74, 6) is -3.46. The Morgan fingerprint density at radius 1 is 1.36 bits per heavy atom. The van der Waals surface area contributed by atoms with E-state index in [1.807, 2.05) is 0 Å². The first-order valence-electron chi connectivity index (χ1n) is 6.72. The molecule has 122 valence electrons. The summed E-state index contributed by atoms with van der Waals surface area (Å²) in [7, 11) is 1.40. The first-order valence-corrected chi connectivity index (χ1v) is 6.72. The van der Waals surface area contributed by atoms with Crippen LogP contribution in [0.4, 0.5) is 8.78 Å². The molecule has 0 bridgehead atoms. The zero-order valence-electron chi connectivity index (χ0n) is 12.5. The molecule has 0 saturated carbocycles. The molecule has 2 N–H and O–H groups in total. The number of halogens is 2. The van der Waals surface area contributed by atoms with E-state index in [2.05, 4.69) is 5.32 Å². The third-order valence-corrected chi connectivity index (χ3v) is 3.10. The summed E-state index contributed by atoms with van der Waals surface area (Å²) in [5, 5.41) is 11.4. The number of carbonyl (C=O) groups is 2. The molecule has 1 unspecified atom stereocenters. The van der Waals surface area contributed by atoms with Gasteiger partial charge in [-0.15, -0.1) is 0 Å². The van der Waals surface area contributed by atoms with E-state index >= 15 is 0 Å². The fraction of sp³-hybridized carbons (Fsp3) is 0.467. The van der Waals surface area contributed by atoms with Gasteiger partial charge in [-0.2, -0.15) is 0 Å². The van der Waals surface area contributed by atoms with Gasteiger partial charge in [0.1, 0.15) is 0 Å². The minimum atomic E-state index is -1.07. The van der Waals surface area contributed by atoms with Gasteiger partial charge in [0, 0.05) is 13.5 Å². The summed E-state index contributed by atoms with van der Waals surface area (Å²) in [6, 6.07) is 3.77. The van der Waals surface area contributed by atoms with Crippen molar-refractivity contribution < 1.29 is 28.2 Å². The predicted octanol–water partition coefficient (Wildman–Crippen LogP) is 1.89. The van der Waals surface area contributed by atoms with Crippen LogP contribution in [0.25, 0.3) is 0 Å². The highest BCUT2D eigenvalue weighted by molar-refractivity contribution is 5.78. The lowest BCUT2D eigenvalue weighted by Gasteiger charge is -2.28. The quantitative estimate of drug-likeness (QED) is 0.768. The van der Waals surface area contributed by atoms with E-state index in [0.29, 0.717) is 0 Å². The van der Waals surface area contributed by atoms with Crippen LogP contribution < -0.4 is 5.32 Å². The summed E-state index contributed by atoms with van der Waals surface area (Å²) in [4.78, 5) is 22.7. The Morgan fingerprint density at radius 3 is 2.64 bits per heavy atom. The van der Waals surface area contributed by atoms with Crippen molar-refractivity contribution in [1.82, 2.24) is 5.32 Å². The highest BCUT2D eigenvalue weighted by Crippen LogP contribution is 2.15.